The molecule has 0 aliphatic carbocycles. The molecule has 1 aliphatic rings. The molecule has 6 nitrogen and oxygen atoms in total. The van der Waals surface area contributed by atoms with Crippen molar-refractivity contribution in [1.29, 1.82) is 0 Å². The van der Waals surface area contributed by atoms with Crippen LogP contribution in [0.25, 0.3) is 11.5 Å². The molecule has 1 aliphatic heterocycles. The highest BCUT2D eigenvalue weighted by molar-refractivity contribution is 5.54. The Bertz CT molecular complexity index is 913. The van der Waals surface area contributed by atoms with Crippen LogP contribution in [0.15, 0.2) is 47.3 Å². The molecular weight excluding hydrogens is 359 g/mol. The van der Waals surface area contributed by atoms with Crippen LogP contribution in [0.3, 0.4) is 0 Å². The maximum atomic E-state index is 12.9. The van der Waals surface area contributed by atoms with Crippen molar-refractivity contribution < 1.29 is 17.6 Å². The molecule has 0 bridgehead atoms. The third-order valence-corrected chi connectivity index (χ3v) is 4.52. The first-order valence-electron chi connectivity index (χ1n) is 8.53. The zero-order chi connectivity index (χ0) is 18.9. The van der Waals surface area contributed by atoms with Gasteiger partial charge in [0.1, 0.15) is 5.82 Å². The van der Waals surface area contributed by atoms with Gasteiger partial charge >= 0.3 is 6.18 Å². The van der Waals surface area contributed by atoms with Crippen LogP contribution in [-0.2, 0) is 6.18 Å². The molecule has 0 saturated carbocycles. The molecule has 0 spiro atoms. The van der Waals surface area contributed by atoms with Crippen molar-refractivity contribution >= 4 is 5.82 Å². The molecule has 1 atom stereocenters. The number of rotatable bonds is 3. The summed E-state index contributed by atoms with van der Waals surface area (Å²) < 4.78 is 44.4. The summed E-state index contributed by atoms with van der Waals surface area (Å²) in [4.78, 5) is 10.5. The number of aromatic nitrogens is 4. The second kappa shape index (κ2) is 6.98. The number of hydrogen-bond donors (Lipinski definition) is 0. The fraction of sp³-hybridized carbons (Fsp3) is 0.333. The zero-order valence-electron chi connectivity index (χ0n) is 14.2. The van der Waals surface area contributed by atoms with E-state index >= 15 is 0 Å². The monoisotopic (exact) mass is 375 g/mol. The Morgan fingerprint density at radius 3 is 2.81 bits per heavy atom. The molecule has 1 unspecified atom stereocenters. The number of anilines is 1. The van der Waals surface area contributed by atoms with E-state index in [-0.39, 0.29) is 17.4 Å². The lowest BCUT2D eigenvalue weighted by Crippen LogP contribution is -2.35. The maximum absolute atomic E-state index is 12.9. The summed E-state index contributed by atoms with van der Waals surface area (Å²) >= 11 is 0. The number of benzene rings is 1. The summed E-state index contributed by atoms with van der Waals surface area (Å²) in [6.45, 7) is 1.49. The van der Waals surface area contributed by atoms with E-state index in [1.165, 1.54) is 12.1 Å². The summed E-state index contributed by atoms with van der Waals surface area (Å²) in [5.41, 5.74) is -0.489. The van der Waals surface area contributed by atoms with Gasteiger partial charge in [-0.15, -0.1) is 10.2 Å². The van der Waals surface area contributed by atoms with Crippen LogP contribution in [0, 0.1) is 0 Å². The van der Waals surface area contributed by atoms with Gasteiger partial charge in [0.2, 0.25) is 11.8 Å². The summed E-state index contributed by atoms with van der Waals surface area (Å²) in [5, 5.41) is 8.03. The lowest BCUT2D eigenvalue weighted by atomic mass is 9.98. The largest absolute Gasteiger partial charge is 0.420 e. The quantitative estimate of drug-likeness (QED) is 0.691. The van der Waals surface area contributed by atoms with Crippen LogP contribution >= 0.6 is 0 Å². The molecule has 2 aromatic heterocycles. The van der Waals surface area contributed by atoms with Crippen molar-refractivity contribution in [3.8, 4) is 11.5 Å². The first-order chi connectivity index (χ1) is 13.0. The van der Waals surface area contributed by atoms with Gasteiger partial charge in [0, 0.05) is 31.0 Å². The summed E-state index contributed by atoms with van der Waals surface area (Å²) in [6.07, 6.45) is 2.31. The topological polar surface area (TPSA) is 67.9 Å². The Kier molecular flexibility index (Phi) is 4.51. The molecule has 4 rings (SSSR count). The third-order valence-electron chi connectivity index (χ3n) is 4.52. The molecule has 1 saturated heterocycles. The predicted molar refractivity (Wildman–Crippen MR) is 91.0 cm³/mol. The van der Waals surface area contributed by atoms with Gasteiger partial charge in [0.15, 0.2) is 0 Å². The standard InChI is InChI=1S/C18H16F3N5O/c19-18(20,21)14-5-1-3-12(9-14)16-24-25-17(27-16)13-4-2-8-26(11-13)15-10-22-6-7-23-15/h1,3,5-7,9-10,13H,2,4,8,11H2. The molecule has 0 radical (unpaired) electrons. The molecule has 1 aromatic carbocycles. The number of halogens is 3. The van der Waals surface area contributed by atoms with E-state index in [1.54, 1.807) is 18.6 Å². The summed E-state index contributed by atoms with van der Waals surface area (Å²) in [6, 6.07) is 4.89. The maximum Gasteiger partial charge on any atom is 0.416 e. The molecule has 140 valence electrons. The summed E-state index contributed by atoms with van der Waals surface area (Å²) in [7, 11) is 0. The van der Waals surface area contributed by atoms with Crippen LogP contribution in [0.5, 0.6) is 0 Å². The van der Waals surface area contributed by atoms with Crippen LogP contribution in [0.1, 0.15) is 30.2 Å². The predicted octanol–water partition coefficient (Wildman–Crippen LogP) is 3.93. The number of nitrogens with zero attached hydrogens (tertiary/aromatic N) is 5. The van der Waals surface area contributed by atoms with E-state index in [0.717, 1.165) is 37.3 Å². The highest BCUT2D eigenvalue weighted by atomic mass is 19.4. The third kappa shape index (κ3) is 3.76. The van der Waals surface area contributed by atoms with Crippen molar-refractivity contribution in [1.82, 2.24) is 20.2 Å². The van der Waals surface area contributed by atoms with Gasteiger partial charge in [0.25, 0.3) is 0 Å². The first-order valence-corrected chi connectivity index (χ1v) is 8.53. The van der Waals surface area contributed by atoms with Crippen LogP contribution in [-0.4, -0.2) is 33.3 Å². The second-order valence-electron chi connectivity index (χ2n) is 6.37. The van der Waals surface area contributed by atoms with Crippen LogP contribution in [0.4, 0.5) is 19.0 Å². The highest BCUT2D eigenvalue weighted by Crippen LogP contribution is 2.33. The van der Waals surface area contributed by atoms with E-state index in [0.29, 0.717) is 12.4 Å². The van der Waals surface area contributed by atoms with E-state index in [1.807, 2.05) is 0 Å². The average Bonchev–Trinajstić information content (AvgIpc) is 3.19. The molecule has 0 amide bonds. The minimum absolute atomic E-state index is 0.00666. The number of hydrogen-bond acceptors (Lipinski definition) is 6. The molecular formula is C18H16F3N5O. The minimum atomic E-state index is -4.42. The van der Waals surface area contributed by atoms with Crippen molar-refractivity contribution in [3.63, 3.8) is 0 Å². The fourth-order valence-electron chi connectivity index (χ4n) is 3.19. The smallest absolute Gasteiger partial charge is 0.416 e. The number of alkyl halides is 3. The Morgan fingerprint density at radius 2 is 2.04 bits per heavy atom. The summed E-state index contributed by atoms with van der Waals surface area (Å²) in [5.74, 6) is 1.29. The zero-order valence-corrected chi connectivity index (χ0v) is 14.2. The molecule has 0 N–H and O–H groups in total. The van der Waals surface area contributed by atoms with Gasteiger partial charge < -0.3 is 9.32 Å². The van der Waals surface area contributed by atoms with Crippen molar-refractivity contribution in [2.75, 3.05) is 18.0 Å². The van der Waals surface area contributed by atoms with E-state index in [4.69, 9.17) is 4.42 Å². The Balaban J connectivity index is 1.54. The van der Waals surface area contributed by atoms with E-state index in [9.17, 15) is 13.2 Å². The van der Waals surface area contributed by atoms with E-state index < -0.39 is 11.7 Å². The van der Waals surface area contributed by atoms with Crippen LogP contribution in [0.2, 0.25) is 0 Å². The SMILES string of the molecule is FC(F)(F)c1cccc(-c2nnc(C3CCCN(c4cnccn4)C3)o2)c1. The fourth-order valence-corrected chi connectivity index (χ4v) is 3.19. The molecule has 3 heterocycles. The molecule has 27 heavy (non-hydrogen) atoms. The van der Waals surface area contributed by atoms with Crippen molar-refractivity contribution in [3.05, 3.63) is 54.3 Å². The van der Waals surface area contributed by atoms with Gasteiger partial charge in [-0.1, -0.05) is 6.07 Å². The van der Waals surface area contributed by atoms with Gasteiger partial charge in [-0.05, 0) is 31.0 Å². The Hall–Kier alpha value is -2.97. The average molecular weight is 375 g/mol. The number of piperidine rings is 1. The molecule has 1 fully saturated rings. The first kappa shape index (κ1) is 17.4. The Labute approximate surface area is 153 Å². The van der Waals surface area contributed by atoms with Gasteiger partial charge in [-0.3, -0.25) is 4.98 Å². The lowest BCUT2D eigenvalue weighted by Gasteiger charge is -2.31. The van der Waals surface area contributed by atoms with Gasteiger partial charge in [-0.2, -0.15) is 13.2 Å². The molecule has 3 aromatic rings. The van der Waals surface area contributed by atoms with Gasteiger partial charge in [-0.25, -0.2) is 4.98 Å². The van der Waals surface area contributed by atoms with E-state index in [2.05, 4.69) is 25.1 Å². The Morgan fingerprint density at radius 1 is 1.15 bits per heavy atom. The van der Waals surface area contributed by atoms with Crippen molar-refractivity contribution in [2.45, 2.75) is 24.9 Å². The normalized spacial score (nSPS) is 17.9. The molecule has 9 heteroatoms. The van der Waals surface area contributed by atoms with Gasteiger partial charge in [0.05, 0.1) is 17.7 Å². The second-order valence-corrected chi connectivity index (χ2v) is 6.37. The highest BCUT2D eigenvalue weighted by Gasteiger charge is 2.31. The minimum Gasteiger partial charge on any atom is -0.420 e. The van der Waals surface area contributed by atoms with Crippen molar-refractivity contribution in [2.24, 2.45) is 0 Å². The lowest BCUT2D eigenvalue weighted by molar-refractivity contribution is -0.137. The van der Waals surface area contributed by atoms with Crippen LogP contribution < -0.4 is 4.90 Å².